The van der Waals surface area contributed by atoms with Crippen molar-refractivity contribution in [3.63, 3.8) is 0 Å². The quantitative estimate of drug-likeness (QED) is 0.660. The molecular weight excluding hydrogens is 172 g/mol. The molecule has 0 aromatic rings. The Kier molecular flexibility index (Phi) is 3.28. The van der Waals surface area contributed by atoms with Crippen molar-refractivity contribution in [2.75, 3.05) is 6.61 Å². The number of allylic oxidation sites excluding steroid dienone is 2. The van der Waals surface area contributed by atoms with Crippen LogP contribution < -0.4 is 0 Å². The summed E-state index contributed by atoms with van der Waals surface area (Å²) < 4.78 is 5.32. The molecule has 1 aliphatic carbocycles. The Morgan fingerprint density at radius 2 is 2.43 bits per heavy atom. The summed E-state index contributed by atoms with van der Waals surface area (Å²) in [5.74, 6) is 0.941. The number of rotatable bonds is 3. The minimum absolute atomic E-state index is 0.854. The highest BCUT2D eigenvalue weighted by Crippen LogP contribution is 2.34. The molecule has 1 heterocycles. The van der Waals surface area contributed by atoms with Gasteiger partial charge < -0.3 is 4.74 Å². The molecule has 0 bridgehead atoms. The highest BCUT2D eigenvalue weighted by Gasteiger charge is 2.20. The zero-order chi connectivity index (χ0) is 9.80. The van der Waals surface area contributed by atoms with Gasteiger partial charge in [0.05, 0.1) is 6.26 Å². The molecule has 0 saturated carbocycles. The molecule has 1 aliphatic heterocycles. The van der Waals surface area contributed by atoms with E-state index >= 15 is 0 Å². The summed E-state index contributed by atoms with van der Waals surface area (Å²) in [6, 6.07) is 0. The van der Waals surface area contributed by atoms with E-state index in [1.54, 1.807) is 11.1 Å². The van der Waals surface area contributed by atoms with Crippen molar-refractivity contribution in [2.24, 2.45) is 5.92 Å². The predicted octanol–water partition coefficient (Wildman–Crippen LogP) is 3.82. The van der Waals surface area contributed by atoms with Crippen LogP contribution in [0.2, 0.25) is 0 Å². The summed E-state index contributed by atoms with van der Waals surface area (Å²) in [4.78, 5) is 0. The molecule has 0 saturated heterocycles. The highest BCUT2D eigenvalue weighted by atomic mass is 16.5. The van der Waals surface area contributed by atoms with Crippen LogP contribution >= 0.6 is 0 Å². The normalized spacial score (nSPS) is 25.9. The molecule has 1 heteroatoms. The second kappa shape index (κ2) is 4.68. The van der Waals surface area contributed by atoms with Crippen molar-refractivity contribution >= 4 is 0 Å². The Morgan fingerprint density at radius 1 is 1.50 bits per heavy atom. The zero-order valence-corrected chi connectivity index (χ0v) is 9.09. The van der Waals surface area contributed by atoms with E-state index < -0.39 is 0 Å². The Hall–Kier alpha value is -0.720. The number of ether oxygens (including phenoxy) is 1. The zero-order valence-electron chi connectivity index (χ0n) is 9.09. The van der Waals surface area contributed by atoms with Gasteiger partial charge in [-0.05, 0) is 42.4 Å². The standard InChI is InChI=1S/C13H20O/c1-2-3-4-11-5-6-13-10-14-8-7-12(13)9-11/h7-8,11H,2-6,9-10H2,1H3. The smallest absolute Gasteiger partial charge is 0.109 e. The molecule has 78 valence electrons. The molecule has 0 fully saturated rings. The summed E-state index contributed by atoms with van der Waals surface area (Å²) in [5, 5.41) is 0. The fraction of sp³-hybridized carbons (Fsp3) is 0.692. The first-order valence-corrected chi connectivity index (χ1v) is 5.89. The topological polar surface area (TPSA) is 9.23 Å². The van der Waals surface area contributed by atoms with Gasteiger partial charge in [-0.3, -0.25) is 0 Å². The second-order valence-corrected chi connectivity index (χ2v) is 4.49. The average Bonchev–Trinajstić information content (AvgIpc) is 2.26. The summed E-state index contributed by atoms with van der Waals surface area (Å²) in [6.45, 7) is 3.13. The van der Waals surface area contributed by atoms with Crippen molar-refractivity contribution in [3.8, 4) is 0 Å². The summed E-state index contributed by atoms with van der Waals surface area (Å²) >= 11 is 0. The van der Waals surface area contributed by atoms with Gasteiger partial charge in [0, 0.05) is 0 Å². The van der Waals surface area contributed by atoms with Crippen LogP contribution in [0.4, 0.5) is 0 Å². The van der Waals surface area contributed by atoms with Gasteiger partial charge in [-0.15, -0.1) is 0 Å². The minimum atomic E-state index is 0.854. The Labute approximate surface area is 86.8 Å². The molecule has 1 nitrogen and oxygen atoms in total. The van der Waals surface area contributed by atoms with Crippen LogP contribution in [0.5, 0.6) is 0 Å². The van der Waals surface area contributed by atoms with Crippen molar-refractivity contribution in [2.45, 2.75) is 45.4 Å². The Balaban J connectivity index is 1.91. The molecule has 1 unspecified atom stereocenters. The van der Waals surface area contributed by atoms with E-state index in [0.29, 0.717) is 0 Å². The van der Waals surface area contributed by atoms with Crippen molar-refractivity contribution in [3.05, 3.63) is 23.5 Å². The summed E-state index contributed by atoms with van der Waals surface area (Å²) in [6.07, 6.45) is 12.1. The van der Waals surface area contributed by atoms with Crippen molar-refractivity contribution in [1.82, 2.24) is 0 Å². The van der Waals surface area contributed by atoms with Crippen molar-refractivity contribution in [1.29, 1.82) is 0 Å². The largest absolute Gasteiger partial charge is 0.497 e. The third-order valence-electron chi connectivity index (χ3n) is 3.41. The lowest BCUT2D eigenvalue weighted by Gasteiger charge is -2.27. The fourth-order valence-corrected chi connectivity index (χ4v) is 2.47. The highest BCUT2D eigenvalue weighted by molar-refractivity contribution is 5.30. The number of hydrogen-bond acceptors (Lipinski definition) is 1. The lowest BCUT2D eigenvalue weighted by atomic mass is 9.81. The molecule has 1 atom stereocenters. The van der Waals surface area contributed by atoms with Crippen LogP contribution in [0.3, 0.4) is 0 Å². The SMILES string of the molecule is CCCCC1CCC2=C(C=COC2)C1. The van der Waals surface area contributed by atoms with Gasteiger partial charge in [0.25, 0.3) is 0 Å². The van der Waals surface area contributed by atoms with E-state index in [2.05, 4.69) is 13.0 Å². The molecule has 0 aromatic carbocycles. The first kappa shape index (κ1) is 9.82. The summed E-state index contributed by atoms with van der Waals surface area (Å²) in [7, 11) is 0. The van der Waals surface area contributed by atoms with Crippen LogP contribution in [0.1, 0.15) is 45.4 Å². The second-order valence-electron chi connectivity index (χ2n) is 4.49. The maximum atomic E-state index is 5.32. The maximum Gasteiger partial charge on any atom is 0.109 e. The van der Waals surface area contributed by atoms with Gasteiger partial charge in [-0.25, -0.2) is 0 Å². The molecule has 0 spiro atoms. The summed E-state index contributed by atoms with van der Waals surface area (Å²) in [5.41, 5.74) is 3.13. The molecular formula is C13H20O. The lowest BCUT2D eigenvalue weighted by Crippen LogP contribution is -2.14. The van der Waals surface area contributed by atoms with Crippen LogP contribution in [-0.4, -0.2) is 6.61 Å². The van der Waals surface area contributed by atoms with E-state index in [1.165, 1.54) is 38.5 Å². The van der Waals surface area contributed by atoms with E-state index in [0.717, 1.165) is 12.5 Å². The third-order valence-corrected chi connectivity index (χ3v) is 3.41. The predicted molar refractivity (Wildman–Crippen MR) is 59.0 cm³/mol. The van der Waals surface area contributed by atoms with E-state index in [-0.39, 0.29) is 0 Å². The van der Waals surface area contributed by atoms with Crippen LogP contribution in [0.15, 0.2) is 23.5 Å². The van der Waals surface area contributed by atoms with Gasteiger partial charge in [-0.1, -0.05) is 26.2 Å². The molecule has 0 N–H and O–H groups in total. The van der Waals surface area contributed by atoms with Gasteiger partial charge in [0.15, 0.2) is 0 Å². The molecule has 0 aromatic heterocycles. The van der Waals surface area contributed by atoms with E-state index in [9.17, 15) is 0 Å². The molecule has 0 amide bonds. The van der Waals surface area contributed by atoms with Gasteiger partial charge in [-0.2, -0.15) is 0 Å². The van der Waals surface area contributed by atoms with Gasteiger partial charge in [0.2, 0.25) is 0 Å². The van der Waals surface area contributed by atoms with E-state index in [4.69, 9.17) is 4.74 Å². The molecule has 2 aliphatic rings. The molecule has 0 radical (unpaired) electrons. The fourth-order valence-electron chi connectivity index (χ4n) is 2.47. The first-order chi connectivity index (χ1) is 6.90. The number of unbranched alkanes of at least 4 members (excludes halogenated alkanes) is 1. The van der Waals surface area contributed by atoms with Crippen LogP contribution in [0.25, 0.3) is 0 Å². The molecule has 14 heavy (non-hydrogen) atoms. The maximum absolute atomic E-state index is 5.32. The Bertz CT molecular complexity index is 250. The lowest BCUT2D eigenvalue weighted by molar-refractivity contribution is 0.258. The minimum Gasteiger partial charge on any atom is -0.497 e. The number of hydrogen-bond donors (Lipinski definition) is 0. The van der Waals surface area contributed by atoms with Crippen LogP contribution in [-0.2, 0) is 4.74 Å². The average molecular weight is 192 g/mol. The van der Waals surface area contributed by atoms with Gasteiger partial charge in [0.1, 0.15) is 6.61 Å². The van der Waals surface area contributed by atoms with Gasteiger partial charge >= 0.3 is 0 Å². The Morgan fingerprint density at radius 3 is 3.29 bits per heavy atom. The van der Waals surface area contributed by atoms with Crippen LogP contribution in [0, 0.1) is 5.92 Å². The first-order valence-electron chi connectivity index (χ1n) is 5.89. The molecule has 2 rings (SSSR count). The monoisotopic (exact) mass is 192 g/mol. The third kappa shape index (κ3) is 2.20. The van der Waals surface area contributed by atoms with E-state index in [1.807, 2.05) is 6.26 Å². The van der Waals surface area contributed by atoms with Crippen molar-refractivity contribution < 1.29 is 4.74 Å².